The molecule has 0 spiro atoms. The molecular weight excluding hydrogens is 278 g/mol. The molecule has 0 saturated carbocycles. The molecule has 1 amide bonds. The maximum Gasteiger partial charge on any atom is 0.253 e. The summed E-state index contributed by atoms with van der Waals surface area (Å²) in [5.41, 5.74) is 0.504. The second kappa shape index (κ2) is 6.95. The second-order valence-corrected chi connectivity index (χ2v) is 5.46. The van der Waals surface area contributed by atoms with Crippen molar-refractivity contribution in [2.75, 3.05) is 19.7 Å². The first-order valence-electron chi connectivity index (χ1n) is 7.01. The van der Waals surface area contributed by atoms with Crippen molar-refractivity contribution in [2.45, 2.75) is 32.3 Å². The summed E-state index contributed by atoms with van der Waals surface area (Å²) in [6.45, 7) is 4.17. The lowest BCUT2D eigenvalue weighted by atomic mass is 10.1. The number of amides is 1. The predicted molar refractivity (Wildman–Crippen MR) is 78.3 cm³/mol. The van der Waals surface area contributed by atoms with Gasteiger partial charge in [0.15, 0.2) is 0 Å². The van der Waals surface area contributed by atoms with Gasteiger partial charge in [-0.05, 0) is 37.5 Å². The number of ether oxygens (including phenoxy) is 1. The highest BCUT2D eigenvalue weighted by molar-refractivity contribution is 6.32. The normalized spacial score (nSPS) is 19.1. The lowest BCUT2D eigenvalue weighted by Crippen LogP contribution is -2.43. The van der Waals surface area contributed by atoms with Crippen LogP contribution in [-0.4, -0.2) is 41.7 Å². The van der Waals surface area contributed by atoms with E-state index >= 15 is 0 Å². The zero-order valence-corrected chi connectivity index (χ0v) is 12.4. The van der Waals surface area contributed by atoms with Gasteiger partial charge in [0.25, 0.3) is 5.91 Å². The Labute approximate surface area is 124 Å². The van der Waals surface area contributed by atoms with Crippen LogP contribution in [0.15, 0.2) is 18.2 Å². The molecule has 1 aromatic carbocycles. The molecule has 1 saturated heterocycles. The van der Waals surface area contributed by atoms with E-state index < -0.39 is 0 Å². The lowest BCUT2D eigenvalue weighted by molar-refractivity contribution is 0.00211. The first-order chi connectivity index (χ1) is 9.61. The summed E-state index contributed by atoms with van der Waals surface area (Å²) in [5, 5.41) is 9.60. The van der Waals surface area contributed by atoms with E-state index in [1.165, 1.54) is 12.1 Å². The molecular formula is C15H20ClNO3. The predicted octanol–water partition coefficient (Wildman–Crippen LogP) is 3.08. The molecule has 1 heterocycles. The average Bonchev–Trinajstić information content (AvgIpc) is 2.47. The minimum absolute atomic E-state index is 0.00832. The maximum absolute atomic E-state index is 12.4. The molecule has 1 fully saturated rings. The highest BCUT2D eigenvalue weighted by atomic mass is 35.5. The molecule has 1 aromatic rings. The Balaban J connectivity index is 2.02. The van der Waals surface area contributed by atoms with Crippen LogP contribution in [0.1, 0.15) is 36.5 Å². The molecule has 0 aliphatic carbocycles. The fourth-order valence-electron chi connectivity index (χ4n) is 2.37. The van der Waals surface area contributed by atoms with Crippen LogP contribution in [0.3, 0.4) is 0 Å². The van der Waals surface area contributed by atoms with Gasteiger partial charge in [0.1, 0.15) is 5.75 Å². The third-order valence-corrected chi connectivity index (χ3v) is 3.72. The van der Waals surface area contributed by atoms with Crippen molar-refractivity contribution in [3.05, 3.63) is 28.8 Å². The topological polar surface area (TPSA) is 49.8 Å². The molecule has 1 aliphatic rings. The number of aromatic hydroxyl groups is 1. The Hall–Kier alpha value is -1.26. The largest absolute Gasteiger partial charge is 0.506 e. The van der Waals surface area contributed by atoms with Gasteiger partial charge < -0.3 is 14.7 Å². The third-order valence-electron chi connectivity index (χ3n) is 3.42. The van der Waals surface area contributed by atoms with Crippen LogP contribution in [0.25, 0.3) is 0 Å². The number of carbonyl (C=O) groups excluding carboxylic acids is 1. The highest BCUT2D eigenvalue weighted by Gasteiger charge is 2.25. The van der Waals surface area contributed by atoms with Crippen LogP contribution in [0.4, 0.5) is 0 Å². The molecule has 110 valence electrons. The third kappa shape index (κ3) is 3.64. The molecule has 1 atom stereocenters. The maximum atomic E-state index is 12.4. The van der Waals surface area contributed by atoms with Gasteiger partial charge in [0.05, 0.1) is 11.1 Å². The van der Waals surface area contributed by atoms with E-state index in [0.29, 0.717) is 12.1 Å². The van der Waals surface area contributed by atoms with Crippen molar-refractivity contribution >= 4 is 17.5 Å². The van der Waals surface area contributed by atoms with E-state index in [4.69, 9.17) is 16.3 Å². The first kappa shape index (κ1) is 15.1. The van der Waals surface area contributed by atoms with E-state index in [2.05, 4.69) is 6.92 Å². The van der Waals surface area contributed by atoms with Gasteiger partial charge in [-0.25, -0.2) is 0 Å². The number of benzene rings is 1. The molecule has 1 unspecified atom stereocenters. The minimum atomic E-state index is -0.0586. The zero-order chi connectivity index (χ0) is 14.5. The molecule has 4 nitrogen and oxygen atoms in total. The number of piperidine rings is 1. The zero-order valence-electron chi connectivity index (χ0n) is 11.6. The Morgan fingerprint density at radius 2 is 2.35 bits per heavy atom. The Morgan fingerprint density at radius 1 is 1.55 bits per heavy atom. The summed E-state index contributed by atoms with van der Waals surface area (Å²) in [4.78, 5) is 14.2. The van der Waals surface area contributed by atoms with Crippen molar-refractivity contribution in [2.24, 2.45) is 0 Å². The van der Waals surface area contributed by atoms with Gasteiger partial charge in [-0.15, -0.1) is 0 Å². The Kier molecular flexibility index (Phi) is 5.26. The number of rotatable bonds is 4. The van der Waals surface area contributed by atoms with E-state index in [9.17, 15) is 9.90 Å². The van der Waals surface area contributed by atoms with Crippen LogP contribution >= 0.6 is 11.6 Å². The monoisotopic (exact) mass is 297 g/mol. The Bertz CT molecular complexity index is 478. The summed E-state index contributed by atoms with van der Waals surface area (Å²) in [7, 11) is 0. The van der Waals surface area contributed by atoms with Gasteiger partial charge >= 0.3 is 0 Å². The van der Waals surface area contributed by atoms with E-state index in [0.717, 1.165) is 32.4 Å². The number of nitrogens with zero attached hydrogens (tertiary/aromatic N) is 1. The van der Waals surface area contributed by atoms with Gasteiger partial charge in [0.2, 0.25) is 0 Å². The fourth-order valence-corrected chi connectivity index (χ4v) is 2.55. The minimum Gasteiger partial charge on any atom is -0.506 e. The van der Waals surface area contributed by atoms with Gasteiger partial charge in [-0.1, -0.05) is 18.5 Å². The van der Waals surface area contributed by atoms with Crippen LogP contribution in [0.2, 0.25) is 5.02 Å². The number of phenols is 1. The molecule has 0 bridgehead atoms. The SMILES string of the molecule is CCCOC1CCCN(C(=O)c2ccc(O)c(Cl)c2)C1. The van der Waals surface area contributed by atoms with Gasteiger partial charge in [0, 0.05) is 25.3 Å². The molecule has 5 heteroatoms. The number of hydrogen-bond donors (Lipinski definition) is 1. The van der Waals surface area contributed by atoms with Gasteiger partial charge in [-0.2, -0.15) is 0 Å². The van der Waals surface area contributed by atoms with Crippen LogP contribution in [-0.2, 0) is 4.74 Å². The molecule has 2 rings (SSSR count). The molecule has 1 N–H and O–H groups in total. The Morgan fingerprint density at radius 3 is 3.05 bits per heavy atom. The summed E-state index contributed by atoms with van der Waals surface area (Å²) in [6, 6.07) is 4.56. The average molecular weight is 298 g/mol. The highest BCUT2D eigenvalue weighted by Crippen LogP contribution is 2.25. The number of phenolic OH excluding ortho intramolecular Hbond substituents is 1. The van der Waals surface area contributed by atoms with Crippen molar-refractivity contribution in [1.29, 1.82) is 0 Å². The number of hydrogen-bond acceptors (Lipinski definition) is 3. The second-order valence-electron chi connectivity index (χ2n) is 5.05. The quantitative estimate of drug-likeness (QED) is 0.929. The van der Waals surface area contributed by atoms with E-state index in [1.54, 1.807) is 11.0 Å². The number of halogens is 1. The summed E-state index contributed by atoms with van der Waals surface area (Å²) in [6.07, 6.45) is 3.06. The molecule has 1 aliphatic heterocycles. The van der Waals surface area contributed by atoms with Crippen molar-refractivity contribution in [1.82, 2.24) is 4.90 Å². The molecule has 20 heavy (non-hydrogen) atoms. The van der Waals surface area contributed by atoms with Crippen LogP contribution in [0.5, 0.6) is 5.75 Å². The molecule has 0 aromatic heterocycles. The number of carbonyl (C=O) groups is 1. The van der Waals surface area contributed by atoms with Crippen LogP contribution < -0.4 is 0 Å². The standard InChI is InChI=1S/C15H20ClNO3/c1-2-8-20-12-4-3-7-17(10-12)15(19)11-5-6-14(18)13(16)9-11/h5-6,9,12,18H,2-4,7-8,10H2,1H3. The fraction of sp³-hybridized carbons (Fsp3) is 0.533. The lowest BCUT2D eigenvalue weighted by Gasteiger charge is -2.32. The van der Waals surface area contributed by atoms with E-state index in [-0.39, 0.29) is 22.8 Å². The van der Waals surface area contributed by atoms with E-state index in [1.807, 2.05) is 0 Å². The smallest absolute Gasteiger partial charge is 0.253 e. The van der Waals surface area contributed by atoms with Gasteiger partial charge in [-0.3, -0.25) is 4.79 Å². The summed E-state index contributed by atoms with van der Waals surface area (Å²) < 4.78 is 5.73. The summed E-state index contributed by atoms with van der Waals surface area (Å²) >= 11 is 5.85. The van der Waals surface area contributed by atoms with Crippen molar-refractivity contribution < 1.29 is 14.6 Å². The van der Waals surface area contributed by atoms with Crippen molar-refractivity contribution in [3.8, 4) is 5.75 Å². The molecule has 0 radical (unpaired) electrons. The summed E-state index contributed by atoms with van der Waals surface area (Å²) in [5.74, 6) is -0.0669. The first-order valence-corrected chi connectivity index (χ1v) is 7.39. The van der Waals surface area contributed by atoms with Crippen molar-refractivity contribution in [3.63, 3.8) is 0 Å². The van der Waals surface area contributed by atoms with Crippen LogP contribution in [0, 0.1) is 0 Å². The number of likely N-dealkylation sites (tertiary alicyclic amines) is 1.